The Morgan fingerprint density at radius 1 is 1.29 bits per heavy atom. The number of ether oxygens (including phenoxy) is 1. The van der Waals surface area contributed by atoms with Crippen molar-refractivity contribution < 1.29 is 9.84 Å². The van der Waals surface area contributed by atoms with E-state index < -0.39 is 6.10 Å². The van der Waals surface area contributed by atoms with Gasteiger partial charge >= 0.3 is 0 Å². The molecule has 1 aromatic rings. The third-order valence-corrected chi connectivity index (χ3v) is 3.29. The summed E-state index contributed by atoms with van der Waals surface area (Å²) in [7, 11) is 2.07. The molecule has 1 radical (unpaired) electrons. The van der Waals surface area contributed by atoms with Gasteiger partial charge in [0.15, 0.2) is 0 Å². The van der Waals surface area contributed by atoms with E-state index in [1.807, 2.05) is 12.1 Å². The van der Waals surface area contributed by atoms with Crippen LogP contribution in [-0.2, 0) is 6.42 Å². The smallest absolute Gasteiger partial charge is 0.119 e. The maximum absolute atomic E-state index is 9.79. The van der Waals surface area contributed by atoms with E-state index in [0.717, 1.165) is 25.3 Å². The Labute approximate surface area is 129 Å². The molecule has 0 heterocycles. The highest BCUT2D eigenvalue weighted by Crippen LogP contribution is 2.13. The highest BCUT2D eigenvalue weighted by molar-refractivity contribution is 5.27. The molecule has 4 nitrogen and oxygen atoms in total. The lowest BCUT2D eigenvalue weighted by atomic mass is 10.1. The zero-order chi connectivity index (χ0) is 15.7. The predicted molar refractivity (Wildman–Crippen MR) is 87.6 cm³/mol. The average Bonchev–Trinajstić information content (AvgIpc) is 2.49. The third kappa shape index (κ3) is 8.05. The summed E-state index contributed by atoms with van der Waals surface area (Å²) in [6.07, 6.45) is 0.519. The molecule has 1 rings (SSSR count). The Balaban J connectivity index is 2.30. The molecule has 0 saturated heterocycles. The molecule has 2 N–H and O–H groups in total. The summed E-state index contributed by atoms with van der Waals surface area (Å²) >= 11 is 0. The second-order valence-corrected chi connectivity index (χ2v) is 5.73. The van der Waals surface area contributed by atoms with E-state index in [4.69, 9.17) is 4.74 Å². The fraction of sp³-hybridized carbons (Fsp3) is 0.588. The minimum absolute atomic E-state index is 0.309. The molecule has 1 atom stereocenters. The van der Waals surface area contributed by atoms with Gasteiger partial charge in [-0.25, -0.2) is 0 Å². The molecule has 1 unspecified atom stereocenters. The maximum atomic E-state index is 9.79. The summed E-state index contributed by atoms with van der Waals surface area (Å²) in [6.45, 7) is 10.6. The van der Waals surface area contributed by atoms with Crippen LogP contribution in [0.4, 0.5) is 0 Å². The predicted octanol–water partition coefficient (Wildman–Crippen LogP) is 1.73. The van der Waals surface area contributed by atoms with E-state index in [2.05, 4.69) is 50.2 Å². The second kappa shape index (κ2) is 9.77. The summed E-state index contributed by atoms with van der Waals surface area (Å²) < 4.78 is 5.59. The van der Waals surface area contributed by atoms with Crippen LogP contribution in [0.15, 0.2) is 24.3 Å². The fourth-order valence-corrected chi connectivity index (χ4v) is 1.81. The highest BCUT2D eigenvalue weighted by atomic mass is 16.5. The molecule has 0 amide bonds. The van der Waals surface area contributed by atoms with Gasteiger partial charge in [-0.1, -0.05) is 26.0 Å². The molecular weight excluding hydrogens is 264 g/mol. The van der Waals surface area contributed by atoms with Crippen molar-refractivity contribution in [3.63, 3.8) is 0 Å². The Kier molecular flexibility index (Phi) is 8.35. The number of aliphatic hydroxyl groups is 1. The van der Waals surface area contributed by atoms with Crippen molar-refractivity contribution in [1.82, 2.24) is 10.2 Å². The summed E-state index contributed by atoms with van der Waals surface area (Å²) in [5.41, 5.74) is 1.28. The summed E-state index contributed by atoms with van der Waals surface area (Å²) in [6, 6.07) is 8.44. The quantitative estimate of drug-likeness (QED) is 0.690. The van der Waals surface area contributed by atoms with E-state index in [1.165, 1.54) is 5.56 Å². The molecule has 0 aliphatic heterocycles. The number of benzene rings is 1. The van der Waals surface area contributed by atoms with Gasteiger partial charge in [-0.3, -0.25) is 0 Å². The molecule has 0 aliphatic rings. The Bertz CT molecular complexity index is 379. The minimum atomic E-state index is -0.488. The number of rotatable bonds is 10. The van der Waals surface area contributed by atoms with Gasteiger partial charge in [-0.2, -0.15) is 0 Å². The van der Waals surface area contributed by atoms with Gasteiger partial charge in [0.05, 0.1) is 0 Å². The van der Waals surface area contributed by atoms with Crippen molar-refractivity contribution in [1.29, 1.82) is 0 Å². The van der Waals surface area contributed by atoms with Gasteiger partial charge in [-0.15, -0.1) is 0 Å². The molecule has 0 spiro atoms. The van der Waals surface area contributed by atoms with Crippen LogP contribution < -0.4 is 10.1 Å². The van der Waals surface area contributed by atoms with E-state index in [0.29, 0.717) is 19.2 Å². The summed E-state index contributed by atoms with van der Waals surface area (Å²) in [5, 5.41) is 13.0. The summed E-state index contributed by atoms with van der Waals surface area (Å²) in [4.78, 5) is 2.18. The third-order valence-electron chi connectivity index (χ3n) is 3.29. The number of aliphatic hydroxyl groups excluding tert-OH is 1. The van der Waals surface area contributed by atoms with Crippen molar-refractivity contribution in [2.45, 2.75) is 32.4 Å². The Morgan fingerprint density at radius 2 is 1.95 bits per heavy atom. The lowest BCUT2D eigenvalue weighted by molar-refractivity contribution is 0.104. The van der Waals surface area contributed by atoms with E-state index in [-0.39, 0.29) is 0 Å². The monoisotopic (exact) mass is 293 g/mol. The molecule has 0 bridgehead atoms. The molecule has 21 heavy (non-hydrogen) atoms. The van der Waals surface area contributed by atoms with Crippen molar-refractivity contribution >= 4 is 0 Å². The Hall–Kier alpha value is -1.10. The Morgan fingerprint density at radius 3 is 2.52 bits per heavy atom. The number of likely N-dealkylation sites (N-methyl/N-ethyl adjacent to an activating group) is 1. The molecule has 1 aromatic carbocycles. The molecule has 4 heteroatoms. The first-order valence-electron chi connectivity index (χ1n) is 7.62. The van der Waals surface area contributed by atoms with Crippen LogP contribution in [-0.4, -0.2) is 55.4 Å². The van der Waals surface area contributed by atoms with Crippen LogP contribution in [0.5, 0.6) is 5.75 Å². The van der Waals surface area contributed by atoms with Gasteiger partial charge in [-0.05, 0) is 44.6 Å². The normalized spacial score (nSPS) is 12.9. The van der Waals surface area contributed by atoms with Gasteiger partial charge in [0.2, 0.25) is 0 Å². The van der Waals surface area contributed by atoms with E-state index >= 15 is 0 Å². The first kappa shape index (κ1) is 18.0. The SMILES string of the molecule is [CH2]CN(C)CCc1ccc(OCC(O)CNC(C)C)cc1. The first-order chi connectivity index (χ1) is 10.0. The van der Waals surface area contributed by atoms with Crippen LogP contribution in [0.25, 0.3) is 0 Å². The fourth-order valence-electron chi connectivity index (χ4n) is 1.81. The van der Waals surface area contributed by atoms with E-state index in [9.17, 15) is 5.11 Å². The summed E-state index contributed by atoms with van der Waals surface area (Å²) in [5.74, 6) is 0.799. The van der Waals surface area contributed by atoms with Crippen molar-refractivity contribution in [3.8, 4) is 5.75 Å². The van der Waals surface area contributed by atoms with Gasteiger partial charge < -0.3 is 20.1 Å². The molecular formula is C17H29N2O2. The van der Waals surface area contributed by atoms with E-state index in [1.54, 1.807) is 0 Å². The zero-order valence-electron chi connectivity index (χ0n) is 13.5. The number of hydrogen-bond donors (Lipinski definition) is 2. The topological polar surface area (TPSA) is 44.7 Å². The first-order valence-corrected chi connectivity index (χ1v) is 7.62. The second-order valence-electron chi connectivity index (χ2n) is 5.73. The lowest BCUT2D eigenvalue weighted by Crippen LogP contribution is -2.35. The molecule has 0 fully saturated rings. The zero-order valence-corrected chi connectivity index (χ0v) is 13.5. The van der Waals surface area contributed by atoms with Gasteiger partial charge in [0.25, 0.3) is 0 Å². The largest absolute Gasteiger partial charge is 0.491 e. The molecule has 0 saturated carbocycles. The van der Waals surface area contributed by atoms with Crippen LogP contribution in [0, 0.1) is 6.92 Å². The van der Waals surface area contributed by atoms with Crippen LogP contribution in [0.1, 0.15) is 19.4 Å². The van der Waals surface area contributed by atoms with Crippen LogP contribution in [0.2, 0.25) is 0 Å². The van der Waals surface area contributed by atoms with Crippen molar-refractivity contribution in [3.05, 3.63) is 36.8 Å². The number of nitrogens with zero attached hydrogens (tertiary/aromatic N) is 1. The van der Waals surface area contributed by atoms with Gasteiger partial charge in [0, 0.05) is 19.1 Å². The minimum Gasteiger partial charge on any atom is -0.491 e. The number of hydrogen-bond acceptors (Lipinski definition) is 4. The van der Waals surface area contributed by atoms with Crippen molar-refractivity contribution in [2.75, 3.05) is 33.3 Å². The van der Waals surface area contributed by atoms with Crippen LogP contribution >= 0.6 is 0 Å². The molecule has 0 aliphatic carbocycles. The maximum Gasteiger partial charge on any atom is 0.119 e. The highest BCUT2D eigenvalue weighted by Gasteiger charge is 2.06. The lowest BCUT2D eigenvalue weighted by Gasteiger charge is -2.15. The average molecular weight is 293 g/mol. The van der Waals surface area contributed by atoms with Gasteiger partial charge in [0.1, 0.15) is 18.5 Å². The van der Waals surface area contributed by atoms with Crippen molar-refractivity contribution in [2.24, 2.45) is 0 Å². The standard InChI is InChI=1S/C17H29N2O2/c1-5-19(4)11-10-15-6-8-17(9-7-15)21-13-16(20)12-18-14(2)3/h6-9,14,16,18,20H,1,5,10-13H2,2-4H3. The number of nitrogens with one attached hydrogen (secondary N) is 1. The molecule has 119 valence electrons. The van der Waals surface area contributed by atoms with Crippen LogP contribution in [0.3, 0.4) is 0 Å². The molecule has 0 aromatic heterocycles.